The zero-order chi connectivity index (χ0) is 26.1. The minimum absolute atomic E-state index is 0.212. The Morgan fingerprint density at radius 1 is 1.03 bits per heavy atom. The van der Waals surface area contributed by atoms with E-state index in [2.05, 4.69) is 0 Å². The van der Waals surface area contributed by atoms with Gasteiger partial charge in [0.15, 0.2) is 0 Å². The average Bonchev–Trinajstić information content (AvgIpc) is 3.22. The Morgan fingerprint density at radius 3 is 2.42 bits per heavy atom. The SMILES string of the molecule is C[C@@]12O[C@H]3C[C@@H]1C[C@@]1(CC[C@@H]4[C@](C)(C(=O)O[C@@H]5O[C@H](CO)[C@@H](O)[C@H](O)[C@H]5O)CCC[C@@]4(C)[C@]31O)[C@@H]2O. The van der Waals surface area contributed by atoms with Crippen molar-refractivity contribution >= 4 is 5.97 Å². The molecule has 10 heteroatoms. The van der Waals surface area contributed by atoms with Gasteiger partial charge in [0.05, 0.1) is 29.8 Å². The molecule has 204 valence electrons. The lowest BCUT2D eigenvalue weighted by molar-refractivity contribution is -0.353. The third kappa shape index (κ3) is 2.68. The smallest absolute Gasteiger partial charge is 0.314 e. The number of hydrogen-bond donors (Lipinski definition) is 6. The van der Waals surface area contributed by atoms with Crippen molar-refractivity contribution < 1.29 is 49.6 Å². The van der Waals surface area contributed by atoms with Crippen LogP contribution in [-0.4, -0.2) is 97.3 Å². The van der Waals surface area contributed by atoms with Crippen LogP contribution in [0.1, 0.15) is 65.7 Å². The fraction of sp³-hybridized carbons (Fsp3) is 0.962. The minimum Gasteiger partial charge on any atom is -0.432 e. The van der Waals surface area contributed by atoms with Crippen LogP contribution in [0.2, 0.25) is 0 Å². The Kier molecular flexibility index (Phi) is 5.39. The first kappa shape index (κ1) is 25.4. The molecule has 14 atom stereocenters. The van der Waals surface area contributed by atoms with Gasteiger partial charge in [-0.3, -0.25) is 4.79 Å². The summed E-state index contributed by atoms with van der Waals surface area (Å²) in [7, 11) is 0. The molecule has 4 bridgehead atoms. The summed E-state index contributed by atoms with van der Waals surface area (Å²) in [5.74, 6) is -0.669. The van der Waals surface area contributed by atoms with Crippen LogP contribution in [0.4, 0.5) is 0 Å². The lowest BCUT2D eigenvalue weighted by Gasteiger charge is -2.70. The monoisotopic (exact) mass is 512 g/mol. The van der Waals surface area contributed by atoms with Crippen molar-refractivity contribution in [2.24, 2.45) is 28.1 Å². The molecule has 4 saturated carbocycles. The second kappa shape index (κ2) is 7.63. The lowest BCUT2D eigenvalue weighted by Crippen LogP contribution is -2.78. The molecule has 7 rings (SSSR count). The number of esters is 1. The highest BCUT2D eigenvalue weighted by molar-refractivity contribution is 5.77. The lowest BCUT2D eigenvalue weighted by atomic mass is 9.37. The number of aliphatic hydroxyl groups is 6. The highest BCUT2D eigenvalue weighted by Crippen LogP contribution is 2.78. The van der Waals surface area contributed by atoms with Crippen molar-refractivity contribution in [3.8, 4) is 0 Å². The minimum atomic E-state index is -1.67. The molecule has 1 spiro atoms. The molecule has 0 unspecified atom stereocenters. The molecule has 6 N–H and O–H groups in total. The van der Waals surface area contributed by atoms with Gasteiger partial charge in [-0.25, -0.2) is 0 Å². The van der Waals surface area contributed by atoms with E-state index in [4.69, 9.17) is 14.2 Å². The van der Waals surface area contributed by atoms with E-state index < -0.39 is 82.9 Å². The van der Waals surface area contributed by atoms with Crippen LogP contribution >= 0.6 is 0 Å². The molecule has 7 fully saturated rings. The van der Waals surface area contributed by atoms with Crippen molar-refractivity contribution in [1.29, 1.82) is 0 Å². The number of aliphatic hydroxyl groups excluding tert-OH is 5. The van der Waals surface area contributed by atoms with E-state index in [1.54, 1.807) is 0 Å². The maximum absolute atomic E-state index is 13.8. The van der Waals surface area contributed by atoms with E-state index in [9.17, 15) is 35.4 Å². The number of carbonyl (C=O) groups is 1. The van der Waals surface area contributed by atoms with Gasteiger partial charge in [-0.1, -0.05) is 13.3 Å². The van der Waals surface area contributed by atoms with Crippen LogP contribution in [-0.2, 0) is 19.0 Å². The molecule has 3 saturated heterocycles. The first-order valence-electron chi connectivity index (χ1n) is 13.4. The summed E-state index contributed by atoms with van der Waals surface area (Å²) in [4.78, 5) is 13.8. The standard InChI is InChI=1S/C26H40O10/c1-22(21(32)35-19-18(30)17(29)16(28)13(11-27)34-19)6-4-7-23(2)14(22)5-8-25-10-12-9-15(26(23,25)33)36-24(12,3)20(25)31/h12-20,27-31,33H,4-11H2,1-3H3/t12-,13-,14-,15+,16-,17+,18-,19+,20-,22-,23-,24-,25+,26-/m1/s1. The molecular weight excluding hydrogens is 472 g/mol. The highest BCUT2D eigenvalue weighted by atomic mass is 16.7. The molecule has 10 nitrogen and oxygen atoms in total. The molecular formula is C26H40O10. The maximum Gasteiger partial charge on any atom is 0.314 e. The third-order valence-corrected chi connectivity index (χ3v) is 11.8. The van der Waals surface area contributed by atoms with Gasteiger partial charge in [0, 0.05) is 10.8 Å². The Hall–Kier alpha value is -0.850. The largest absolute Gasteiger partial charge is 0.432 e. The Bertz CT molecular complexity index is 944. The number of rotatable bonds is 3. The van der Waals surface area contributed by atoms with E-state index in [0.29, 0.717) is 44.9 Å². The number of fused-ring (bicyclic) bond motifs is 1. The number of carbonyl (C=O) groups excluding carboxylic acids is 1. The molecule has 4 aliphatic carbocycles. The van der Waals surface area contributed by atoms with Gasteiger partial charge in [0.2, 0.25) is 6.29 Å². The molecule has 3 aliphatic heterocycles. The summed E-state index contributed by atoms with van der Waals surface area (Å²) in [5.41, 5.74) is -4.33. The molecule has 0 aromatic heterocycles. The van der Waals surface area contributed by atoms with Gasteiger partial charge >= 0.3 is 5.97 Å². The molecule has 0 aromatic carbocycles. The second-order valence-corrected chi connectivity index (χ2v) is 13.1. The summed E-state index contributed by atoms with van der Waals surface area (Å²) in [6.45, 7) is 5.20. The van der Waals surface area contributed by atoms with Crippen molar-refractivity contribution in [2.45, 2.75) is 120 Å². The predicted molar refractivity (Wildman–Crippen MR) is 122 cm³/mol. The van der Waals surface area contributed by atoms with E-state index in [-0.39, 0.29) is 11.8 Å². The summed E-state index contributed by atoms with van der Waals surface area (Å²) in [6.07, 6.45) is -4.26. The summed E-state index contributed by atoms with van der Waals surface area (Å²) >= 11 is 0. The first-order valence-corrected chi connectivity index (χ1v) is 13.4. The predicted octanol–water partition coefficient (Wildman–Crippen LogP) is -0.404. The number of hydrogen-bond acceptors (Lipinski definition) is 10. The van der Waals surface area contributed by atoms with Crippen LogP contribution in [0.3, 0.4) is 0 Å². The van der Waals surface area contributed by atoms with Crippen LogP contribution in [0, 0.1) is 28.1 Å². The molecule has 0 amide bonds. The van der Waals surface area contributed by atoms with Crippen molar-refractivity contribution in [2.75, 3.05) is 6.61 Å². The van der Waals surface area contributed by atoms with E-state index in [1.807, 2.05) is 20.8 Å². The van der Waals surface area contributed by atoms with E-state index >= 15 is 0 Å². The topological polar surface area (TPSA) is 166 Å². The average molecular weight is 513 g/mol. The summed E-state index contributed by atoms with van der Waals surface area (Å²) in [5, 5.41) is 64.2. The van der Waals surface area contributed by atoms with Gasteiger partial charge in [-0.15, -0.1) is 0 Å². The van der Waals surface area contributed by atoms with Crippen LogP contribution in [0.5, 0.6) is 0 Å². The fourth-order valence-electron chi connectivity index (χ4n) is 9.94. The third-order valence-electron chi connectivity index (χ3n) is 11.8. The highest BCUT2D eigenvalue weighted by Gasteiger charge is 2.84. The Morgan fingerprint density at radius 2 is 1.75 bits per heavy atom. The van der Waals surface area contributed by atoms with Gasteiger partial charge in [-0.2, -0.15) is 0 Å². The van der Waals surface area contributed by atoms with Gasteiger partial charge in [-0.05, 0) is 64.2 Å². The number of ether oxygens (including phenoxy) is 3. The van der Waals surface area contributed by atoms with Crippen molar-refractivity contribution in [3.05, 3.63) is 0 Å². The summed E-state index contributed by atoms with van der Waals surface area (Å²) in [6, 6.07) is 0. The van der Waals surface area contributed by atoms with Crippen molar-refractivity contribution in [3.63, 3.8) is 0 Å². The quantitative estimate of drug-likeness (QED) is 0.274. The Labute approximate surface area is 210 Å². The first-order chi connectivity index (χ1) is 16.8. The molecule has 3 heterocycles. The molecule has 7 aliphatic rings. The van der Waals surface area contributed by atoms with Crippen LogP contribution in [0.15, 0.2) is 0 Å². The van der Waals surface area contributed by atoms with Crippen LogP contribution in [0.25, 0.3) is 0 Å². The van der Waals surface area contributed by atoms with Gasteiger partial charge < -0.3 is 44.8 Å². The fourth-order valence-corrected chi connectivity index (χ4v) is 9.94. The van der Waals surface area contributed by atoms with E-state index in [0.717, 1.165) is 0 Å². The van der Waals surface area contributed by atoms with Gasteiger partial charge in [0.1, 0.15) is 30.0 Å². The summed E-state index contributed by atoms with van der Waals surface area (Å²) < 4.78 is 17.5. The second-order valence-electron chi connectivity index (χ2n) is 13.1. The maximum atomic E-state index is 13.8. The normalized spacial score (nSPS) is 61.5. The zero-order valence-electron chi connectivity index (χ0n) is 21.2. The Balaban J connectivity index is 1.31. The van der Waals surface area contributed by atoms with E-state index in [1.165, 1.54) is 0 Å². The van der Waals surface area contributed by atoms with Gasteiger partial charge in [0.25, 0.3) is 0 Å². The molecule has 0 radical (unpaired) electrons. The zero-order valence-corrected chi connectivity index (χ0v) is 21.2. The molecule has 36 heavy (non-hydrogen) atoms. The van der Waals surface area contributed by atoms with Crippen LogP contribution < -0.4 is 0 Å². The molecule has 0 aromatic rings. The van der Waals surface area contributed by atoms with Crippen molar-refractivity contribution in [1.82, 2.24) is 0 Å².